The number of hydrogen-bond acceptors (Lipinski definition) is 3. The van der Waals surface area contributed by atoms with Gasteiger partial charge in [-0.3, -0.25) is 0 Å². The second-order valence-corrected chi connectivity index (χ2v) is 5.81. The summed E-state index contributed by atoms with van der Waals surface area (Å²) in [7, 11) is 0. The molecule has 4 nitrogen and oxygen atoms in total. The Labute approximate surface area is 130 Å². The highest BCUT2D eigenvalue weighted by Crippen LogP contribution is 2.23. The number of hydrogen-bond donors (Lipinski definition) is 2. The Bertz CT molecular complexity index is 626. The van der Waals surface area contributed by atoms with Crippen LogP contribution in [-0.4, -0.2) is 21.5 Å². The summed E-state index contributed by atoms with van der Waals surface area (Å²) in [6, 6.07) is 3.96. The Morgan fingerprint density at radius 1 is 1.19 bits per heavy atom. The van der Waals surface area contributed by atoms with E-state index in [1.807, 2.05) is 30.7 Å². The van der Waals surface area contributed by atoms with E-state index in [0.29, 0.717) is 13.1 Å². The summed E-state index contributed by atoms with van der Waals surface area (Å²) in [5.74, 6) is 0.968. The van der Waals surface area contributed by atoms with E-state index in [9.17, 15) is 0 Å². The number of anilines is 1. The third-order valence-corrected chi connectivity index (χ3v) is 4.05. The molecule has 0 aliphatic carbocycles. The van der Waals surface area contributed by atoms with E-state index >= 15 is 0 Å². The lowest BCUT2D eigenvalue weighted by atomic mass is 10.0. The first kappa shape index (κ1) is 15.9. The molecule has 114 valence electrons. The number of halogens is 1. The molecule has 1 heterocycles. The van der Waals surface area contributed by atoms with Gasteiger partial charge in [0.05, 0.1) is 18.8 Å². The molecule has 2 aromatic rings. The van der Waals surface area contributed by atoms with Crippen LogP contribution in [0.3, 0.4) is 0 Å². The molecule has 21 heavy (non-hydrogen) atoms. The first-order chi connectivity index (χ1) is 9.93. The van der Waals surface area contributed by atoms with E-state index in [0.717, 1.165) is 22.1 Å². The largest absolute Gasteiger partial charge is 0.394 e. The fourth-order valence-corrected chi connectivity index (χ4v) is 2.87. The van der Waals surface area contributed by atoms with E-state index in [-0.39, 0.29) is 6.61 Å². The van der Waals surface area contributed by atoms with Crippen molar-refractivity contribution in [2.75, 3.05) is 11.9 Å². The molecule has 2 N–H and O–H groups in total. The van der Waals surface area contributed by atoms with Crippen molar-refractivity contribution in [1.82, 2.24) is 9.78 Å². The first-order valence-corrected chi connectivity index (χ1v) is 7.46. The van der Waals surface area contributed by atoms with Gasteiger partial charge < -0.3 is 10.4 Å². The van der Waals surface area contributed by atoms with Gasteiger partial charge in [0.2, 0.25) is 0 Å². The summed E-state index contributed by atoms with van der Waals surface area (Å²) in [6.07, 6.45) is 0. The quantitative estimate of drug-likeness (QED) is 0.890. The van der Waals surface area contributed by atoms with Crippen molar-refractivity contribution >= 4 is 17.4 Å². The van der Waals surface area contributed by atoms with E-state index in [4.69, 9.17) is 16.7 Å². The molecule has 0 amide bonds. The van der Waals surface area contributed by atoms with Crippen molar-refractivity contribution in [2.24, 2.45) is 0 Å². The molecular weight excluding hydrogens is 286 g/mol. The van der Waals surface area contributed by atoms with Crippen LogP contribution in [0.4, 0.5) is 5.82 Å². The van der Waals surface area contributed by atoms with Gasteiger partial charge in [0.1, 0.15) is 5.82 Å². The number of aliphatic hydroxyl groups excluding tert-OH is 1. The second-order valence-electron chi connectivity index (χ2n) is 5.38. The van der Waals surface area contributed by atoms with Gasteiger partial charge in [-0.2, -0.15) is 5.10 Å². The van der Waals surface area contributed by atoms with Gasteiger partial charge in [-0.25, -0.2) is 4.68 Å². The molecule has 0 bridgehead atoms. The lowest BCUT2D eigenvalue weighted by Gasteiger charge is -2.14. The molecule has 2 rings (SSSR count). The zero-order valence-corrected chi connectivity index (χ0v) is 13.8. The maximum Gasteiger partial charge on any atom is 0.127 e. The highest BCUT2D eigenvalue weighted by molar-refractivity contribution is 6.30. The Morgan fingerprint density at radius 2 is 1.81 bits per heavy atom. The van der Waals surface area contributed by atoms with Gasteiger partial charge in [0.25, 0.3) is 0 Å². The Hall–Kier alpha value is -1.52. The Kier molecular flexibility index (Phi) is 4.91. The summed E-state index contributed by atoms with van der Waals surface area (Å²) >= 11 is 6.07. The van der Waals surface area contributed by atoms with Crippen LogP contribution in [0.5, 0.6) is 0 Å². The minimum Gasteiger partial charge on any atom is -0.394 e. The third kappa shape index (κ3) is 3.39. The molecule has 1 aromatic heterocycles. The molecular formula is C16H22ClN3O. The van der Waals surface area contributed by atoms with E-state index in [2.05, 4.69) is 24.3 Å². The molecule has 0 fully saturated rings. The third-order valence-electron chi connectivity index (χ3n) is 3.83. The Morgan fingerprint density at radius 3 is 2.38 bits per heavy atom. The fraction of sp³-hybridized carbons (Fsp3) is 0.438. The van der Waals surface area contributed by atoms with Crippen LogP contribution in [0.2, 0.25) is 5.02 Å². The second kappa shape index (κ2) is 6.50. The highest BCUT2D eigenvalue weighted by Gasteiger charge is 2.12. The minimum absolute atomic E-state index is 0.0776. The van der Waals surface area contributed by atoms with Crippen molar-refractivity contribution in [3.05, 3.63) is 45.1 Å². The van der Waals surface area contributed by atoms with Crippen LogP contribution in [0, 0.1) is 27.7 Å². The van der Waals surface area contributed by atoms with Crippen LogP contribution in [0.15, 0.2) is 12.1 Å². The molecule has 0 saturated heterocycles. The maximum atomic E-state index is 9.15. The predicted molar refractivity (Wildman–Crippen MR) is 87.0 cm³/mol. The van der Waals surface area contributed by atoms with Crippen LogP contribution in [0.1, 0.15) is 27.9 Å². The summed E-state index contributed by atoms with van der Waals surface area (Å²) in [4.78, 5) is 0. The van der Waals surface area contributed by atoms with E-state index in [1.165, 1.54) is 16.7 Å². The van der Waals surface area contributed by atoms with Crippen molar-refractivity contribution in [3.63, 3.8) is 0 Å². The number of benzene rings is 1. The summed E-state index contributed by atoms with van der Waals surface area (Å²) in [5, 5.41) is 17.8. The van der Waals surface area contributed by atoms with Crippen molar-refractivity contribution in [2.45, 2.75) is 40.8 Å². The lowest BCUT2D eigenvalue weighted by Crippen LogP contribution is -2.12. The molecule has 0 aliphatic rings. The smallest absolute Gasteiger partial charge is 0.127 e. The summed E-state index contributed by atoms with van der Waals surface area (Å²) in [5.41, 5.74) is 5.70. The van der Waals surface area contributed by atoms with Gasteiger partial charge in [-0.15, -0.1) is 0 Å². The van der Waals surface area contributed by atoms with Crippen molar-refractivity contribution < 1.29 is 5.11 Å². The SMILES string of the molecule is Cc1cc(Cl)cc(C)c1CNc1c(C)c(C)nn1CCO. The molecule has 0 unspecified atom stereocenters. The number of nitrogens with zero attached hydrogens (tertiary/aromatic N) is 2. The number of nitrogens with one attached hydrogen (secondary N) is 1. The monoisotopic (exact) mass is 307 g/mol. The summed E-state index contributed by atoms with van der Waals surface area (Å²) in [6.45, 7) is 9.45. The first-order valence-electron chi connectivity index (χ1n) is 7.08. The van der Waals surface area contributed by atoms with Crippen LogP contribution >= 0.6 is 11.6 Å². The average molecular weight is 308 g/mol. The van der Waals surface area contributed by atoms with E-state index in [1.54, 1.807) is 0 Å². The number of aromatic nitrogens is 2. The van der Waals surface area contributed by atoms with Crippen molar-refractivity contribution in [3.8, 4) is 0 Å². The molecule has 0 radical (unpaired) electrons. The number of rotatable bonds is 5. The molecule has 0 spiro atoms. The van der Waals surface area contributed by atoms with Gasteiger partial charge >= 0.3 is 0 Å². The maximum absolute atomic E-state index is 9.15. The molecule has 0 saturated carbocycles. The average Bonchev–Trinajstić information content (AvgIpc) is 2.65. The Balaban J connectivity index is 2.24. The van der Waals surface area contributed by atoms with Gasteiger partial charge in [-0.05, 0) is 56.5 Å². The van der Waals surface area contributed by atoms with Crippen LogP contribution in [-0.2, 0) is 13.1 Å². The van der Waals surface area contributed by atoms with Crippen molar-refractivity contribution in [1.29, 1.82) is 0 Å². The standard InChI is InChI=1S/C16H22ClN3O/c1-10-7-14(17)8-11(2)15(10)9-18-16-12(3)13(4)19-20(16)5-6-21/h7-8,18,21H,5-6,9H2,1-4H3. The predicted octanol–water partition coefficient (Wildman–Crippen LogP) is 3.37. The molecule has 5 heteroatoms. The zero-order valence-electron chi connectivity index (χ0n) is 13.0. The van der Waals surface area contributed by atoms with Gasteiger partial charge in [-0.1, -0.05) is 11.6 Å². The summed E-state index contributed by atoms with van der Waals surface area (Å²) < 4.78 is 1.82. The highest BCUT2D eigenvalue weighted by atomic mass is 35.5. The topological polar surface area (TPSA) is 50.1 Å². The fourth-order valence-electron chi connectivity index (χ4n) is 2.54. The van der Waals surface area contributed by atoms with Crippen LogP contribution in [0.25, 0.3) is 0 Å². The van der Waals surface area contributed by atoms with E-state index < -0.39 is 0 Å². The van der Waals surface area contributed by atoms with Gasteiger partial charge in [0.15, 0.2) is 0 Å². The normalized spacial score (nSPS) is 11.0. The van der Waals surface area contributed by atoms with Gasteiger partial charge in [0, 0.05) is 17.1 Å². The number of aryl methyl sites for hydroxylation is 3. The minimum atomic E-state index is 0.0776. The molecule has 0 atom stereocenters. The molecule has 1 aromatic carbocycles. The lowest BCUT2D eigenvalue weighted by molar-refractivity contribution is 0.270. The number of aliphatic hydroxyl groups is 1. The van der Waals surface area contributed by atoms with Crippen LogP contribution < -0.4 is 5.32 Å². The zero-order chi connectivity index (χ0) is 15.6. The molecule has 0 aliphatic heterocycles.